The molecule has 5 heteroatoms. The van der Waals surface area contributed by atoms with Crippen molar-refractivity contribution in [3.05, 3.63) is 38.9 Å². The molecule has 14 heavy (non-hydrogen) atoms. The fourth-order valence-corrected chi connectivity index (χ4v) is 1.34. The number of carbonyl (C=O) groups is 1. The van der Waals surface area contributed by atoms with Crippen LogP contribution in [0.25, 0.3) is 0 Å². The van der Waals surface area contributed by atoms with E-state index in [1.54, 1.807) is 0 Å². The molecule has 1 aromatic carbocycles. The van der Waals surface area contributed by atoms with Crippen LogP contribution in [0.1, 0.15) is 12.5 Å². The van der Waals surface area contributed by atoms with Crippen LogP contribution in [0.4, 0.5) is 5.69 Å². The van der Waals surface area contributed by atoms with Crippen molar-refractivity contribution in [2.75, 3.05) is 0 Å². The summed E-state index contributed by atoms with van der Waals surface area (Å²) in [5.41, 5.74) is 0.291. The molecule has 0 atom stereocenters. The fourth-order valence-electron chi connectivity index (χ4n) is 1.14. The lowest BCUT2D eigenvalue weighted by molar-refractivity contribution is -0.385. The van der Waals surface area contributed by atoms with Gasteiger partial charge in [-0.1, -0.05) is 11.6 Å². The molecular formula is C9H8ClNO3. The Morgan fingerprint density at radius 1 is 1.57 bits per heavy atom. The summed E-state index contributed by atoms with van der Waals surface area (Å²) >= 11 is 5.67. The van der Waals surface area contributed by atoms with Crippen molar-refractivity contribution in [2.45, 2.75) is 13.3 Å². The summed E-state index contributed by atoms with van der Waals surface area (Å²) in [6, 6.07) is 4.19. The van der Waals surface area contributed by atoms with Crippen LogP contribution in [0.5, 0.6) is 0 Å². The van der Waals surface area contributed by atoms with Crippen molar-refractivity contribution in [3.8, 4) is 0 Å². The first-order valence-electron chi connectivity index (χ1n) is 3.93. The second kappa shape index (κ2) is 4.19. The van der Waals surface area contributed by atoms with Gasteiger partial charge in [0.1, 0.15) is 5.78 Å². The molecule has 0 spiro atoms. The molecule has 0 heterocycles. The van der Waals surface area contributed by atoms with Gasteiger partial charge in [-0.25, -0.2) is 0 Å². The highest BCUT2D eigenvalue weighted by Crippen LogP contribution is 2.23. The fraction of sp³-hybridized carbons (Fsp3) is 0.222. The van der Waals surface area contributed by atoms with Gasteiger partial charge in [0, 0.05) is 23.1 Å². The summed E-state index contributed by atoms with van der Waals surface area (Å²) in [7, 11) is 0. The van der Waals surface area contributed by atoms with Gasteiger partial charge >= 0.3 is 0 Å². The molecule has 4 nitrogen and oxygen atoms in total. The molecule has 0 N–H and O–H groups in total. The highest BCUT2D eigenvalue weighted by atomic mass is 35.5. The first-order chi connectivity index (χ1) is 6.50. The number of rotatable bonds is 3. The zero-order valence-corrected chi connectivity index (χ0v) is 8.25. The highest BCUT2D eigenvalue weighted by molar-refractivity contribution is 6.30. The minimum absolute atomic E-state index is 0.0386. The van der Waals surface area contributed by atoms with E-state index in [2.05, 4.69) is 0 Å². The second-order valence-electron chi connectivity index (χ2n) is 2.91. The molecule has 0 aliphatic heterocycles. The Labute approximate surface area is 85.6 Å². The standard InChI is InChI=1S/C9H8ClNO3/c1-6(12)4-7-5-8(10)2-3-9(7)11(13)14/h2-3,5H,4H2,1H3. The van der Waals surface area contributed by atoms with Gasteiger partial charge in [0.15, 0.2) is 0 Å². The van der Waals surface area contributed by atoms with Crippen LogP contribution < -0.4 is 0 Å². The van der Waals surface area contributed by atoms with Crippen LogP contribution in [0.15, 0.2) is 18.2 Å². The molecule has 0 fully saturated rings. The smallest absolute Gasteiger partial charge is 0.273 e. The topological polar surface area (TPSA) is 60.2 Å². The Morgan fingerprint density at radius 2 is 2.21 bits per heavy atom. The highest BCUT2D eigenvalue weighted by Gasteiger charge is 2.14. The van der Waals surface area contributed by atoms with Crippen molar-refractivity contribution in [2.24, 2.45) is 0 Å². The van der Waals surface area contributed by atoms with Gasteiger partial charge in [-0.3, -0.25) is 14.9 Å². The molecule has 0 aromatic heterocycles. The van der Waals surface area contributed by atoms with E-state index in [1.807, 2.05) is 0 Å². The van der Waals surface area contributed by atoms with Crippen molar-refractivity contribution in [1.82, 2.24) is 0 Å². The SMILES string of the molecule is CC(=O)Cc1cc(Cl)ccc1[N+](=O)[O-]. The molecule has 0 saturated carbocycles. The maximum atomic E-state index is 10.8. The maximum Gasteiger partial charge on any atom is 0.273 e. The predicted octanol–water partition coefficient (Wildman–Crippen LogP) is 2.38. The number of nitrogens with zero attached hydrogens (tertiary/aromatic N) is 1. The monoisotopic (exact) mass is 213 g/mol. The maximum absolute atomic E-state index is 10.8. The molecule has 0 bridgehead atoms. The molecule has 0 unspecified atom stereocenters. The third-order valence-corrected chi connectivity index (χ3v) is 1.91. The van der Waals surface area contributed by atoms with Gasteiger partial charge in [0.2, 0.25) is 0 Å². The molecule has 1 aromatic rings. The number of nitro benzene ring substituents is 1. The van der Waals surface area contributed by atoms with E-state index < -0.39 is 4.92 Å². The van der Waals surface area contributed by atoms with Gasteiger partial charge in [-0.2, -0.15) is 0 Å². The summed E-state index contributed by atoms with van der Waals surface area (Å²) < 4.78 is 0. The number of Topliss-reactive ketones (excluding diaryl/α,β-unsaturated/α-hetero) is 1. The largest absolute Gasteiger partial charge is 0.300 e. The minimum Gasteiger partial charge on any atom is -0.300 e. The average molecular weight is 214 g/mol. The Bertz CT molecular complexity index is 390. The zero-order chi connectivity index (χ0) is 10.7. The normalized spacial score (nSPS) is 9.86. The molecule has 74 valence electrons. The van der Waals surface area contributed by atoms with Gasteiger partial charge < -0.3 is 0 Å². The molecule has 1 rings (SSSR count). The minimum atomic E-state index is -0.519. The van der Waals surface area contributed by atoms with E-state index in [1.165, 1.54) is 25.1 Å². The number of hydrogen-bond donors (Lipinski definition) is 0. The number of hydrogen-bond acceptors (Lipinski definition) is 3. The third kappa shape index (κ3) is 2.53. The molecule has 0 saturated heterocycles. The van der Waals surface area contributed by atoms with Gasteiger partial charge in [0.05, 0.1) is 4.92 Å². The summed E-state index contributed by atoms with van der Waals surface area (Å²) in [4.78, 5) is 20.9. The van der Waals surface area contributed by atoms with Crippen LogP contribution >= 0.6 is 11.6 Å². The van der Waals surface area contributed by atoms with Crippen LogP contribution in [-0.2, 0) is 11.2 Å². The summed E-state index contributed by atoms with van der Waals surface area (Å²) in [6.07, 6.45) is 0.0386. The van der Waals surface area contributed by atoms with Crippen molar-refractivity contribution in [3.63, 3.8) is 0 Å². The number of halogens is 1. The van der Waals surface area contributed by atoms with E-state index in [0.717, 1.165) is 0 Å². The van der Waals surface area contributed by atoms with Crippen LogP contribution in [0, 0.1) is 10.1 Å². The molecule has 0 radical (unpaired) electrons. The van der Waals surface area contributed by atoms with Crippen molar-refractivity contribution < 1.29 is 9.72 Å². The molecule has 0 amide bonds. The van der Waals surface area contributed by atoms with Gasteiger partial charge in [-0.05, 0) is 19.1 Å². The molecule has 0 aliphatic carbocycles. The summed E-state index contributed by atoms with van der Waals surface area (Å²) in [5, 5.41) is 11.0. The van der Waals surface area contributed by atoms with Gasteiger partial charge in [0.25, 0.3) is 5.69 Å². The third-order valence-electron chi connectivity index (χ3n) is 1.68. The van der Waals surface area contributed by atoms with Gasteiger partial charge in [-0.15, -0.1) is 0 Å². The molecule has 0 aliphatic rings. The first-order valence-corrected chi connectivity index (χ1v) is 4.30. The predicted molar refractivity (Wildman–Crippen MR) is 52.5 cm³/mol. The van der Waals surface area contributed by atoms with E-state index >= 15 is 0 Å². The van der Waals surface area contributed by atoms with E-state index in [0.29, 0.717) is 10.6 Å². The lowest BCUT2D eigenvalue weighted by Gasteiger charge is -2.00. The van der Waals surface area contributed by atoms with Crippen LogP contribution in [0.3, 0.4) is 0 Å². The van der Waals surface area contributed by atoms with Crippen LogP contribution in [0.2, 0.25) is 5.02 Å². The molecular weight excluding hydrogens is 206 g/mol. The lowest BCUT2D eigenvalue weighted by Crippen LogP contribution is -2.01. The van der Waals surface area contributed by atoms with E-state index in [9.17, 15) is 14.9 Å². The average Bonchev–Trinajstić information content (AvgIpc) is 2.01. The Hall–Kier alpha value is -1.42. The van der Waals surface area contributed by atoms with Crippen molar-refractivity contribution >= 4 is 23.1 Å². The Kier molecular flexibility index (Phi) is 3.19. The quantitative estimate of drug-likeness (QED) is 0.572. The second-order valence-corrected chi connectivity index (χ2v) is 3.35. The van der Waals surface area contributed by atoms with Crippen LogP contribution in [-0.4, -0.2) is 10.7 Å². The van der Waals surface area contributed by atoms with Crippen molar-refractivity contribution in [1.29, 1.82) is 0 Å². The number of ketones is 1. The summed E-state index contributed by atoms with van der Waals surface area (Å²) in [5.74, 6) is -0.129. The number of nitro groups is 1. The number of benzene rings is 1. The summed E-state index contributed by atoms with van der Waals surface area (Å²) in [6.45, 7) is 1.38. The first kappa shape index (κ1) is 10.7. The van der Waals surface area contributed by atoms with E-state index in [-0.39, 0.29) is 17.9 Å². The zero-order valence-electron chi connectivity index (χ0n) is 7.49. The number of carbonyl (C=O) groups excluding carboxylic acids is 1. The van der Waals surface area contributed by atoms with E-state index in [4.69, 9.17) is 11.6 Å². The lowest BCUT2D eigenvalue weighted by atomic mass is 10.1. The Morgan fingerprint density at radius 3 is 2.71 bits per heavy atom. The Balaban J connectivity index is 3.15.